The molecule has 1 aliphatic heterocycles. The van der Waals surface area contributed by atoms with Crippen molar-refractivity contribution in [3.8, 4) is 0 Å². The van der Waals surface area contributed by atoms with Gasteiger partial charge in [0.25, 0.3) is 0 Å². The van der Waals surface area contributed by atoms with Gasteiger partial charge < -0.3 is 20.2 Å². The Balaban J connectivity index is 1.82. The van der Waals surface area contributed by atoms with Crippen LogP contribution < -0.4 is 10.6 Å². The number of benzene rings is 2. The third kappa shape index (κ3) is 7.32. The van der Waals surface area contributed by atoms with E-state index >= 15 is 0 Å². The molecule has 0 aliphatic carbocycles. The quantitative estimate of drug-likeness (QED) is 0.470. The lowest BCUT2D eigenvalue weighted by atomic mass is 9.79. The molecule has 0 unspecified atom stereocenters. The van der Waals surface area contributed by atoms with Gasteiger partial charge >= 0.3 is 0 Å². The number of carbonyl (C=O) groups is 1. The Morgan fingerprint density at radius 2 is 1.71 bits per heavy atom. The van der Waals surface area contributed by atoms with Crippen LogP contribution in [0.5, 0.6) is 0 Å². The maximum atomic E-state index is 13.7. The van der Waals surface area contributed by atoms with Crippen molar-refractivity contribution in [3.05, 3.63) is 70.8 Å². The zero-order valence-electron chi connectivity index (χ0n) is 21.6. The van der Waals surface area contributed by atoms with E-state index < -0.39 is 23.8 Å². The Hall–Kier alpha value is -2.35. The van der Waals surface area contributed by atoms with Crippen LogP contribution in [-0.2, 0) is 16.8 Å². The monoisotopic (exact) mass is 488 g/mol. The largest absolute Gasteiger partial charge is 0.390 e. The number of nitrogens with one attached hydrogen (secondary N) is 2. The lowest BCUT2D eigenvalue weighted by Gasteiger charge is -2.46. The van der Waals surface area contributed by atoms with Gasteiger partial charge in [-0.2, -0.15) is 0 Å². The number of likely N-dealkylation sites (tertiary alicyclic amines) is 1. The predicted molar refractivity (Wildman–Crippen MR) is 135 cm³/mol. The number of quaternary nitrogens is 1. The van der Waals surface area contributed by atoms with E-state index in [1.807, 2.05) is 0 Å². The Kier molecular flexibility index (Phi) is 8.67. The van der Waals surface area contributed by atoms with Gasteiger partial charge in [-0.25, -0.2) is 8.78 Å². The van der Waals surface area contributed by atoms with Gasteiger partial charge in [-0.1, -0.05) is 38.1 Å². The SMILES string of the molecule is CC(=O)N[C@@H](Cc1cc(F)cc(F)c1)[C@H](O)CNC1(c2cccc(C(C)C)c2)CC[N+](C)(C)CC1. The Morgan fingerprint density at radius 3 is 2.29 bits per heavy atom. The van der Waals surface area contributed by atoms with Crippen LogP contribution in [0, 0.1) is 11.6 Å². The summed E-state index contributed by atoms with van der Waals surface area (Å²) in [4.78, 5) is 11.9. The number of carbonyl (C=O) groups excluding carboxylic acids is 1. The minimum Gasteiger partial charge on any atom is -0.390 e. The molecule has 3 rings (SSSR count). The van der Waals surface area contributed by atoms with Crippen LogP contribution in [0.3, 0.4) is 0 Å². The van der Waals surface area contributed by atoms with Crippen LogP contribution in [0.1, 0.15) is 56.2 Å². The molecule has 2 aromatic rings. The summed E-state index contributed by atoms with van der Waals surface area (Å²) in [6, 6.07) is 11.2. The Morgan fingerprint density at radius 1 is 1.09 bits per heavy atom. The first-order chi connectivity index (χ1) is 16.4. The summed E-state index contributed by atoms with van der Waals surface area (Å²) in [6.07, 6.45) is 0.999. The fourth-order valence-electron chi connectivity index (χ4n) is 4.96. The second kappa shape index (κ2) is 11.1. The van der Waals surface area contributed by atoms with Crippen LogP contribution in [0.15, 0.2) is 42.5 Å². The van der Waals surface area contributed by atoms with Gasteiger partial charge in [-0.15, -0.1) is 0 Å². The molecule has 7 heteroatoms. The third-order valence-corrected chi connectivity index (χ3v) is 7.27. The van der Waals surface area contributed by atoms with Crippen LogP contribution in [0.4, 0.5) is 8.78 Å². The molecule has 3 N–H and O–H groups in total. The van der Waals surface area contributed by atoms with Crippen molar-refractivity contribution >= 4 is 5.91 Å². The van der Waals surface area contributed by atoms with Gasteiger partial charge in [0, 0.05) is 32.4 Å². The summed E-state index contributed by atoms with van der Waals surface area (Å²) in [5.74, 6) is -1.26. The highest BCUT2D eigenvalue weighted by atomic mass is 19.1. The Labute approximate surface area is 208 Å². The number of amides is 1. The molecule has 1 heterocycles. The molecule has 1 saturated heterocycles. The average Bonchev–Trinajstić information content (AvgIpc) is 2.77. The zero-order valence-corrected chi connectivity index (χ0v) is 21.6. The molecular weight excluding hydrogens is 448 g/mol. The van der Waals surface area contributed by atoms with E-state index in [1.54, 1.807) is 0 Å². The van der Waals surface area contributed by atoms with Crippen LogP contribution in [-0.4, -0.2) is 61.4 Å². The van der Waals surface area contributed by atoms with Crippen molar-refractivity contribution in [1.82, 2.24) is 10.6 Å². The van der Waals surface area contributed by atoms with Crippen molar-refractivity contribution in [2.75, 3.05) is 33.7 Å². The highest BCUT2D eigenvalue weighted by Gasteiger charge is 2.41. The van der Waals surface area contributed by atoms with Gasteiger partial charge in [-0.05, 0) is 41.2 Å². The second-order valence-electron chi connectivity index (χ2n) is 11.0. The van der Waals surface area contributed by atoms with E-state index in [0.717, 1.165) is 36.5 Å². The maximum absolute atomic E-state index is 13.7. The van der Waals surface area contributed by atoms with E-state index in [4.69, 9.17) is 0 Å². The second-order valence-corrected chi connectivity index (χ2v) is 11.0. The highest BCUT2D eigenvalue weighted by Crippen LogP contribution is 2.36. The van der Waals surface area contributed by atoms with Crippen LogP contribution in [0.25, 0.3) is 0 Å². The molecule has 2 aromatic carbocycles. The molecule has 0 aromatic heterocycles. The molecular formula is C28H40F2N3O2+. The van der Waals surface area contributed by atoms with E-state index in [9.17, 15) is 18.7 Å². The molecule has 0 bridgehead atoms. The number of halogens is 2. The van der Waals surface area contributed by atoms with Crippen molar-refractivity contribution in [1.29, 1.82) is 0 Å². The first-order valence-corrected chi connectivity index (χ1v) is 12.5. The molecule has 192 valence electrons. The molecule has 0 radical (unpaired) electrons. The summed E-state index contributed by atoms with van der Waals surface area (Å²) in [7, 11) is 4.46. The topological polar surface area (TPSA) is 61.4 Å². The molecule has 5 nitrogen and oxygen atoms in total. The van der Waals surface area contributed by atoms with Gasteiger partial charge in [0.15, 0.2) is 0 Å². The number of hydrogen-bond acceptors (Lipinski definition) is 3. The summed E-state index contributed by atoms with van der Waals surface area (Å²) < 4.78 is 28.4. The number of piperidine rings is 1. The first kappa shape index (κ1) is 27.2. The number of aliphatic hydroxyl groups is 1. The average molecular weight is 489 g/mol. The fourth-order valence-corrected chi connectivity index (χ4v) is 4.96. The van der Waals surface area contributed by atoms with Crippen molar-refractivity contribution in [2.45, 2.75) is 63.6 Å². The van der Waals surface area contributed by atoms with E-state index in [2.05, 4.69) is 62.8 Å². The van der Waals surface area contributed by atoms with E-state index in [-0.39, 0.29) is 24.4 Å². The van der Waals surface area contributed by atoms with E-state index in [1.165, 1.54) is 30.2 Å². The lowest BCUT2D eigenvalue weighted by Crippen LogP contribution is -2.59. The van der Waals surface area contributed by atoms with E-state index in [0.29, 0.717) is 11.5 Å². The van der Waals surface area contributed by atoms with Crippen molar-refractivity contribution in [2.24, 2.45) is 0 Å². The lowest BCUT2D eigenvalue weighted by molar-refractivity contribution is -0.896. The molecule has 1 amide bonds. The van der Waals surface area contributed by atoms with Crippen LogP contribution >= 0.6 is 0 Å². The minimum absolute atomic E-state index is 0.122. The van der Waals surface area contributed by atoms with Crippen LogP contribution in [0.2, 0.25) is 0 Å². The molecule has 2 atom stereocenters. The molecule has 1 fully saturated rings. The normalized spacial score (nSPS) is 18.8. The smallest absolute Gasteiger partial charge is 0.217 e. The first-order valence-electron chi connectivity index (χ1n) is 12.5. The fraction of sp³-hybridized carbons (Fsp3) is 0.536. The van der Waals surface area contributed by atoms with Gasteiger partial charge in [0.2, 0.25) is 5.91 Å². The molecule has 35 heavy (non-hydrogen) atoms. The molecule has 0 saturated carbocycles. The standard InChI is InChI=1S/C28H39F2N3O2/c1-19(2)22-7-6-8-23(16-22)28(9-11-33(4,5)12-10-28)31-18-27(35)26(32-20(3)34)15-21-13-24(29)17-25(30)14-21/h6-8,13-14,16-17,19,26-27,31,35H,9-12,15,18H2,1-5H3/p+1/t26-,27+/m0/s1. The summed E-state index contributed by atoms with van der Waals surface area (Å²) in [6.45, 7) is 7.95. The maximum Gasteiger partial charge on any atom is 0.217 e. The Bertz CT molecular complexity index is 995. The zero-order chi connectivity index (χ0) is 25.8. The van der Waals surface area contributed by atoms with Gasteiger partial charge in [0.05, 0.1) is 44.9 Å². The minimum atomic E-state index is -0.945. The predicted octanol–water partition coefficient (Wildman–Crippen LogP) is 3.85. The molecule has 1 aliphatic rings. The number of nitrogens with zero attached hydrogens (tertiary/aromatic N) is 1. The molecule has 0 spiro atoms. The van der Waals surface area contributed by atoms with Crippen molar-refractivity contribution in [3.63, 3.8) is 0 Å². The summed E-state index contributed by atoms with van der Waals surface area (Å²) >= 11 is 0. The number of aliphatic hydroxyl groups excluding tert-OH is 1. The highest BCUT2D eigenvalue weighted by molar-refractivity contribution is 5.73. The summed E-state index contributed by atoms with van der Waals surface area (Å²) in [5, 5.41) is 17.6. The number of hydrogen-bond donors (Lipinski definition) is 3. The van der Waals surface area contributed by atoms with Gasteiger partial charge in [-0.3, -0.25) is 4.79 Å². The van der Waals surface area contributed by atoms with Crippen molar-refractivity contribution < 1.29 is 23.2 Å². The number of rotatable bonds is 9. The van der Waals surface area contributed by atoms with Gasteiger partial charge in [0.1, 0.15) is 11.6 Å². The third-order valence-electron chi connectivity index (χ3n) is 7.27. The summed E-state index contributed by atoms with van der Waals surface area (Å²) in [5.41, 5.74) is 2.56.